The summed E-state index contributed by atoms with van der Waals surface area (Å²) in [6.07, 6.45) is 6.86. The summed E-state index contributed by atoms with van der Waals surface area (Å²) in [6.45, 7) is 2.05. The lowest BCUT2D eigenvalue weighted by Gasteiger charge is -2.19. The summed E-state index contributed by atoms with van der Waals surface area (Å²) in [5.41, 5.74) is 1.90. The van der Waals surface area contributed by atoms with Gasteiger partial charge in [0.25, 0.3) is 0 Å². The fourth-order valence-corrected chi connectivity index (χ4v) is 2.45. The van der Waals surface area contributed by atoms with Crippen molar-refractivity contribution in [2.45, 2.75) is 12.5 Å². The number of nitrogens with zero attached hydrogens (tertiary/aromatic N) is 4. The second-order valence-corrected chi connectivity index (χ2v) is 4.56. The van der Waals surface area contributed by atoms with E-state index in [-0.39, 0.29) is 0 Å². The number of anilines is 1. The number of nitriles is 1. The van der Waals surface area contributed by atoms with Crippen LogP contribution in [0.1, 0.15) is 18.0 Å². The molecule has 0 radical (unpaired) electrons. The maximum atomic E-state index is 8.79. The lowest BCUT2D eigenvalue weighted by atomic mass is 10.2. The Kier molecular flexibility index (Phi) is 2.73. The van der Waals surface area contributed by atoms with Gasteiger partial charge in [0, 0.05) is 31.2 Å². The fraction of sp³-hybridized carbons (Fsp3) is 0.286. The Hall–Kier alpha value is -2.28. The standard InChI is InChI=1S/C14H14N4/c15-9-12-1-3-13(4-2-12)17-7-5-14(10-17)18-8-6-16-11-18/h1-4,6,8,11,14H,5,7,10H2. The van der Waals surface area contributed by atoms with E-state index >= 15 is 0 Å². The van der Waals surface area contributed by atoms with Crippen molar-refractivity contribution in [2.75, 3.05) is 18.0 Å². The smallest absolute Gasteiger partial charge is 0.0991 e. The van der Waals surface area contributed by atoms with Gasteiger partial charge in [0.1, 0.15) is 0 Å². The zero-order chi connectivity index (χ0) is 12.4. The molecule has 1 atom stereocenters. The molecular formula is C14H14N4. The minimum atomic E-state index is 0.503. The van der Waals surface area contributed by atoms with Crippen LogP contribution in [0.25, 0.3) is 0 Å². The lowest BCUT2D eigenvalue weighted by molar-refractivity contribution is 0.551. The molecule has 90 valence electrons. The average molecular weight is 238 g/mol. The Bertz CT molecular complexity index is 550. The number of imidazole rings is 1. The van der Waals surface area contributed by atoms with Crippen LogP contribution in [0.5, 0.6) is 0 Å². The van der Waals surface area contributed by atoms with Gasteiger partial charge in [0.05, 0.1) is 24.0 Å². The van der Waals surface area contributed by atoms with Gasteiger partial charge in [0.2, 0.25) is 0 Å². The second kappa shape index (κ2) is 4.53. The normalized spacial score (nSPS) is 18.8. The highest BCUT2D eigenvalue weighted by molar-refractivity contribution is 5.50. The summed E-state index contributed by atoms with van der Waals surface area (Å²) < 4.78 is 2.17. The maximum Gasteiger partial charge on any atom is 0.0991 e. The van der Waals surface area contributed by atoms with Crippen molar-refractivity contribution in [3.05, 3.63) is 48.5 Å². The van der Waals surface area contributed by atoms with E-state index in [4.69, 9.17) is 5.26 Å². The molecule has 1 aliphatic rings. The highest BCUT2D eigenvalue weighted by Gasteiger charge is 2.23. The molecule has 0 N–H and O–H groups in total. The molecule has 2 heterocycles. The molecule has 0 amide bonds. The zero-order valence-corrected chi connectivity index (χ0v) is 10.0. The van der Waals surface area contributed by atoms with E-state index in [1.807, 2.05) is 43.0 Å². The quantitative estimate of drug-likeness (QED) is 0.805. The summed E-state index contributed by atoms with van der Waals surface area (Å²) in [6, 6.07) is 10.4. The fourth-order valence-electron chi connectivity index (χ4n) is 2.45. The molecule has 1 aromatic heterocycles. The van der Waals surface area contributed by atoms with Gasteiger partial charge >= 0.3 is 0 Å². The first-order chi connectivity index (χ1) is 8.86. The third-order valence-electron chi connectivity index (χ3n) is 3.47. The average Bonchev–Trinajstić information content (AvgIpc) is 3.09. The highest BCUT2D eigenvalue weighted by atomic mass is 15.2. The summed E-state index contributed by atoms with van der Waals surface area (Å²) in [7, 11) is 0. The molecule has 2 aromatic rings. The van der Waals surface area contributed by atoms with Crippen LogP contribution in [0.2, 0.25) is 0 Å². The van der Waals surface area contributed by atoms with Crippen LogP contribution in [0.15, 0.2) is 43.0 Å². The molecular weight excluding hydrogens is 224 g/mol. The van der Waals surface area contributed by atoms with E-state index in [1.165, 1.54) is 5.69 Å². The first-order valence-electron chi connectivity index (χ1n) is 6.09. The summed E-state index contributed by atoms with van der Waals surface area (Å²) in [5, 5.41) is 8.79. The molecule has 18 heavy (non-hydrogen) atoms. The van der Waals surface area contributed by atoms with Gasteiger partial charge in [-0.15, -0.1) is 0 Å². The number of hydrogen-bond acceptors (Lipinski definition) is 3. The van der Waals surface area contributed by atoms with Gasteiger partial charge in [-0.2, -0.15) is 5.26 Å². The summed E-state index contributed by atoms with van der Waals surface area (Å²) in [4.78, 5) is 6.45. The van der Waals surface area contributed by atoms with Crippen LogP contribution in [0.4, 0.5) is 5.69 Å². The number of aromatic nitrogens is 2. The molecule has 0 saturated carbocycles. The van der Waals surface area contributed by atoms with Gasteiger partial charge in [-0.05, 0) is 30.7 Å². The van der Waals surface area contributed by atoms with E-state index in [0.29, 0.717) is 11.6 Å². The minimum Gasteiger partial charge on any atom is -0.369 e. The molecule has 1 saturated heterocycles. The molecule has 1 aliphatic heterocycles. The van der Waals surface area contributed by atoms with Crippen molar-refractivity contribution in [1.29, 1.82) is 5.26 Å². The Morgan fingerprint density at radius 3 is 2.78 bits per heavy atom. The van der Waals surface area contributed by atoms with Gasteiger partial charge in [0.15, 0.2) is 0 Å². The number of hydrogen-bond donors (Lipinski definition) is 0. The maximum absolute atomic E-state index is 8.79. The second-order valence-electron chi connectivity index (χ2n) is 4.56. The van der Waals surface area contributed by atoms with Gasteiger partial charge in [-0.1, -0.05) is 0 Å². The highest BCUT2D eigenvalue weighted by Crippen LogP contribution is 2.26. The molecule has 0 aliphatic carbocycles. The molecule has 3 rings (SSSR count). The van der Waals surface area contributed by atoms with E-state index in [0.717, 1.165) is 19.5 Å². The van der Waals surface area contributed by atoms with Crippen LogP contribution in [-0.4, -0.2) is 22.6 Å². The lowest BCUT2D eigenvalue weighted by Crippen LogP contribution is -2.20. The third kappa shape index (κ3) is 1.95. The molecule has 0 bridgehead atoms. The predicted octanol–water partition coefficient (Wildman–Crippen LogP) is 2.21. The van der Waals surface area contributed by atoms with Crippen molar-refractivity contribution < 1.29 is 0 Å². The van der Waals surface area contributed by atoms with Gasteiger partial charge in [-0.3, -0.25) is 0 Å². The molecule has 0 spiro atoms. The van der Waals surface area contributed by atoms with Gasteiger partial charge < -0.3 is 9.47 Å². The Labute approximate surface area is 106 Å². The van der Waals surface area contributed by atoms with Crippen molar-refractivity contribution in [3.8, 4) is 6.07 Å². The number of benzene rings is 1. The van der Waals surface area contributed by atoms with Crippen molar-refractivity contribution in [2.24, 2.45) is 0 Å². The first kappa shape index (κ1) is 10.8. The molecule has 1 fully saturated rings. The van der Waals surface area contributed by atoms with Crippen molar-refractivity contribution in [3.63, 3.8) is 0 Å². The monoisotopic (exact) mass is 238 g/mol. The third-order valence-corrected chi connectivity index (χ3v) is 3.47. The molecule has 4 nitrogen and oxygen atoms in total. The predicted molar refractivity (Wildman–Crippen MR) is 69.3 cm³/mol. The van der Waals surface area contributed by atoms with E-state index in [2.05, 4.69) is 20.5 Å². The zero-order valence-electron chi connectivity index (χ0n) is 10.0. The van der Waals surface area contributed by atoms with E-state index < -0.39 is 0 Å². The first-order valence-corrected chi connectivity index (χ1v) is 6.09. The largest absolute Gasteiger partial charge is 0.369 e. The van der Waals surface area contributed by atoms with Crippen LogP contribution >= 0.6 is 0 Å². The van der Waals surface area contributed by atoms with Crippen molar-refractivity contribution >= 4 is 5.69 Å². The van der Waals surface area contributed by atoms with Gasteiger partial charge in [-0.25, -0.2) is 4.98 Å². The number of rotatable bonds is 2. The molecule has 1 aromatic carbocycles. The Morgan fingerprint density at radius 2 is 2.11 bits per heavy atom. The van der Waals surface area contributed by atoms with Crippen LogP contribution in [0, 0.1) is 11.3 Å². The molecule has 1 unspecified atom stereocenters. The summed E-state index contributed by atoms with van der Waals surface area (Å²) in [5.74, 6) is 0. The summed E-state index contributed by atoms with van der Waals surface area (Å²) >= 11 is 0. The SMILES string of the molecule is N#Cc1ccc(N2CCC(n3ccnc3)C2)cc1. The van der Waals surface area contributed by atoms with Crippen LogP contribution in [-0.2, 0) is 0 Å². The van der Waals surface area contributed by atoms with Crippen molar-refractivity contribution in [1.82, 2.24) is 9.55 Å². The Balaban J connectivity index is 1.73. The topological polar surface area (TPSA) is 44.9 Å². The molecule has 4 heteroatoms. The van der Waals surface area contributed by atoms with E-state index in [1.54, 1.807) is 0 Å². The van der Waals surface area contributed by atoms with Crippen LogP contribution < -0.4 is 4.90 Å². The van der Waals surface area contributed by atoms with Crippen LogP contribution in [0.3, 0.4) is 0 Å². The Morgan fingerprint density at radius 1 is 1.28 bits per heavy atom. The van der Waals surface area contributed by atoms with E-state index in [9.17, 15) is 0 Å². The minimum absolute atomic E-state index is 0.503.